The van der Waals surface area contributed by atoms with Crippen LogP contribution >= 0.6 is 0 Å². The molecule has 1 aliphatic rings. The quantitative estimate of drug-likeness (QED) is 0.893. The Kier molecular flexibility index (Phi) is 4.99. The minimum Gasteiger partial charge on any atom is -0.481 e. The number of aliphatic carboxylic acids is 1. The number of aryl methyl sites for hydroxylation is 2. The molecule has 1 saturated carbocycles. The van der Waals surface area contributed by atoms with Crippen molar-refractivity contribution in [3.05, 3.63) is 29.3 Å². The molecule has 0 radical (unpaired) electrons. The Morgan fingerprint density at radius 2 is 2.00 bits per heavy atom. The van der Waals surface area contributed by atoms with E-state index in [1.54, 1.807) is 0 Å². The van der Waals surface area contributed by atoms with Crippen LogP contribution in [0.3, 0.4) is 0 Å². The molecule has 1 amide bonds. The van der Waals surface area contributed by atoms with Gasteiger partial charge in [0.1, 0.15) is 0 Å². The first-order valence-electron chi connectivity index (χ1n) is 7.65. The Morgan fingerprint density at radius 3 is 2.67 bits per heavy atom. The second kappa shape index (κ2) is 6.74. The number of nitrogens with one attached hydrogen (secondary N) is 1. The SMILES string of the molecule is CCc1cccc(C)c1NC(=O)C1CCCC(C(=O)O)C1. The molecule has 0 spiro atoms. The van der Waals surface area contributed by atoms with E-state index in [0.29, 0.717) is 12.8 Å². The summed E-state index contributed by atoms with van der Waals surface area (Å²) >= 11 is 0. The fourth-order valence-electron chi connectivity index (χ4n) is 3.08. The normalized spacial score (nSPS) is 21.8. The molecular weight excluding hydrogens is 266 g/mol. The van der Waals surface area contributed by atoms with Crippen LogP contribution in [-0.2, 0) is 16.0 Å². The molecule has 2 atom stereocenters. The lowest BCUT2D eigenvalue weighted by Gasteiger charge is -2.26. The molecule has 0 bridgehead atoms. The van der Waals surface area contributed by atoms with Crippen LogP contribution in [0.4, 0.5) is 5.69 Å². The van der Waals surface area contributed by atoms with Gasteiger partial charge in [-0.2, -0.15) is 0 Å². The average Bonchev–Trinajstić information content (AvgIpc) is 2.49. The van der Waals surface area contributed by atoms with E-state index < -0.39 is 5.97 Å². The van der Waals surface area contributed by atoms with Crippen LogP contribution in [0.15, 0.2) is 18.2 Å². The topological polar surface area (TPSA) is 66.4 Å². The molecule has 1 aliphatic carbocycles. The summed E-state index contributed by atoms with van der Waals surface area (Å²) in [6, 6.07) is 5.99. The van der Waals surface area contributed by atoms with E-state index in [0.717, 1.165) is 36.1 Å². The number of carboxylic acids is 1. The van der Waals surface area contributed by atoms with Crippen LogP contribution < -0.4 is 5.32 Å². The zero-order valence-corrected chi connectivity index (χ0v) is 12.7. The molecule has 2 N–H and O–H groups in total. The molecule has 4 heteroatoms. The number of para-hydroxylation sites is 1. The molecule has 4 nitrogen and oxygen atoms in total. The van der Waals surface area contributed by atoms with Gasteiger partial charge in [0.05, 0.1) is 5.92 Å². The highest BCUT2D eigenvalue weighted by molar-refractivity contribution is 5.94. The molecule has 0 saturated heterocycles. The van der Waals surface area contributed by atoms with Crippen LogP contribution in [-0.4, -0.2) is 17.0 Å². The molecule has 1 fully saturated rings. The van der Waals surface area contributed by atoms with Crippen LogP contribution in [0.2, 0.25) is 0 Å². The van der Waals surface area contributed by atoms with Gasteiger partial charge in [0.2, 0.25) is 5.91 Å². The number of hydrogen-bond acceptors (Lipinski definition) is 2. The molecule has 1 aromatic carbocycles. The zero-order chi connectivity index (χ0) is 15.4. The average molecular weight is 289 g/mol. The van der Waals surface area contributed by atoms with E-state index in [9.17, 15) is 9.59 Å². The van der Waals surface area contributed by atoms with Gasteiger partial charge in [-0.25, -0.2) is 0 Å². The first-order chi connectivity index (χ1) is 10.0. The zero-order valence-electron chi connectivity index (χ0n) is 12.7. The summed E-state index contributed by atoms with van der Waals surface area (Å²) in [5, 5.41) is 12.1. The number of carbonyl (C=O) groups excluding carboxylic acids is 1. The van der Waals surface area contributed by atoms with E-state index in [1.165, 1.54) is 0 Å². The van der Waals surface area contributed by atoms with Crippen molar-refractivity contribution in [2.45, 2.75) is 46.0 Å². The van der Waals surface area contributed by atoms with E-state index in [4.69, 9.17) is 5.11 Å². The third-order valence-corrected chi connectivity index (χ3v) is 4.38. The lowest BCUT2D eigenvalue weighted by Crippen LogP contribution is -2.31. The second-order valence-electron chi connectivity index (χ2n) is 5.85. The highest BCUT2D eigenvalue weighted by atomic mass is 16.4. The van der Waals surface area contributed by atoms with Gasteiger partial charge >= 0.3 is 5.97 Å². The number of carbonyl (C=O) groups is 2. The summed E-state index contributed by atoms with van der Waals surface area (Å²) in [5.41, 5.74) is 3.06. The monoisotopic (exact) mass is 289 g/mol. The molecular formula is C17H23NO3. The van der Waals surface area contributed by atoms with Crippen LogP contribution in [0.1, 0.15) is 43.7 Å². The Balaban J connectivity index is 2.09. The summed E-state index contributed by atoms with van der Waals surface area (Å²) in [6.45, 7) is 4.04. The first-order valence-corrected chi connectivity index (χ1v) is 7.65. The second-order valence-corrected chi connectivity index (χ2v) is 5.85. The predicted molar refractivity (Wildman–Crippen MR) is 82.3 cm³/mol. The first kappa shape index (κ1) is 15.5. The minimum absolute atomic E-state index is 0.0371. The number of amides is 1. The molecule has 2 rings (SSSR count). The van der Waals surface area contributed by atoms with Crippen LogP contribution in [0, 0.1) is 18.8 Å². The van der Waals surface area contributed by atoms with Gasteiger partial charge in [-0.3, -0.25) is 9.59 Å². The van der Waals surface area contributed by atoms with Gasteiger partial charge in [0.15, 0.2) is 0 Å². The predicted octanol–water partition coefficient (Wildman–Crippen LogP) is 3.39. The summed E-state index contributed by atoms with van der Waals surface area (Å²) in [7, 11) is 0. The Hall–Kier alpha value is -1.84. The lowest BCUT2D eigenvalue weighted by molar-refractivity contribution is -0.143. The van der Waals surface area contributed by atoms with Gasteiger partial charge < -0.3 is 10.4 Å². The summed E-state index contributed by atoms with van der Waals surface area (Å²) in [6.07, 6.45) is 3.59. The molecule has 0 aromatic heterocycles. The van der Waals surface area contributed by atoms with Crippen molar-refractivity contribution < 1.29 is 14.7 Å². The molecule has 21 heavy (non-hydrogen) atoms. The molecule has 2 unspecified atom stereocenters. The number of hydrogen-bond donors (Lipinski definition) is 2. The Morgan fingerprint density at radius 1 is 1.29 bits per heavy atom. The van der Waals surface area contributed by atoms with Crippen molar-refractivity contribution >= 4 is 17.6 Å². The van der Waals surface area contributed by atoms with E-state index in [-0.39, 0.29) is 17.7 Å². The van der Waals surface area contributed by atoms with Gasteiger partial charge in [0, 0.05) is 11.6 Å². The van der Waals surface area contributed by atoms with E-state index in [1.807, 2.05) is 25.1 Å². The lowest BCUT2D eigenvalue weighted by atomic mass is 9.81. The highest BCUT2D eigenvalue weighted by Gasteiger charge is 2.31. The fraction of sp³-hybridized carbons (Fsp3) is 0.529. The minimum atomic E-state index is -0.780. The van der Waals surface area contributed by atoms with Gasteiger partial charge in [-0.1, -0.05) is 31.5 Å². The van der Waals surface area contributed by atoms with Gasteiger partial charge in [0.25, 0.3) is 0 Å². The van der Waals surface area contributed by atoms with Crippen molar-refractivity contribution in [3.8, 4) is 0 Å². The van der Waals surface area contributed by atoms with Crippen molar-refractivity contribution in [2.24, 2.45) is 11.8 Å². The standard InChI is InChI=1S/C17H23NO3/c1-3-12-7-4-6-11(2)15(12)18-16(19)13-8-5-9-14(10-13)17(20)21/h4,6-7,13-14H,3,5,8-10H2,1-2H3,(H,18,19)(H,20,21). The molecule has 1 aromatic rings. The number of benzene rings is 1. The van der Waals surface area contributed by atoms with Gasteiger partial charge in [-0.15, -0.1) is 0 Å². The highest BCUT2D eigenvalue weighted by Crippen LogP contribution is 2.31. The largest absolute Gasteiger partial charge is 0.481 e. The fourth-order valence-corrected chi connectivity index (χ4v) is 3.08. The van der Waals surface area contributed by atoms with Crippen LogP contribution in [0.25, 0.3) is 0 Å². The van der Waals surface area contributed by atoms with Crippen molar-refractivity contribution in [1.29, 1.82) is 0 Å². The third kappa shape index (κ3) is 3.63. The number of carboxylic acid groups (broad SMARTS) is 1. The van der Waals surface area contributed by atoms with Gasteiger partial charge in [-0.05, 0) is 43.7 Å². The summed E-state index contributed by atoms with van der Waals surface area (Å²) < 4.78 is 0. The molecule has 0 heterocycles. The number of rotatable bonds is 4. The third-order valence-electron chi connectivity index (χ3n) is 4.38. The summed E-state index contributed by atoms with van der Waals surface area (Å²) in [5.74, 6) is -1.39. The maximum atomic E-state index is 12.5. The Labute approximate surface area is 125 Å². The molecule has 114 valence electrons. The smallest absolute Gasteiger partial charge is 0.306 e. The molecule has 0 aliphatic heterocycles. The summed E-state index contributed by atoms with van der Waals surface area (Å²) in [4.78, 5) is 23.6. The maximum absolute atomic E-state index is 12.5. The van der Waals surface area contributed by atoms with Crippen molar-refractivity contribution in [3.63, 3.8) is 0 Å². The Bertz CT molecular complexity index is 539. The van der Waals surface area contributed by atoms with Crippen LogP contribution in [0.5, 0.6) is 0 Å². The number of anilines is 1. The van der Waals surface area contributed by atoms with Crippen molar-refractivity contribution in [2.75, 3.05) is 5.32 Å². The maximum Gasteiger partial charge on any atom is 0.306 e. The van der Waals surface area contributed by atoms with E-state index in [2.05, 4.69) is 12.2 Å². The van der Waals surface area contributed by atoms with E-state index >= 15 is 0 Å². The van der Waals surface area contributed by atoms with Crippen molar-refractivity contribution in [1.82, 2.24) is 0 Å².